The number of anilines is 2. The molecule has 0 spiro atoms. The number of nitrogens with zero attached hydrogens (tertiary/aromatic N) is 2. The molecule has 0 aromatic heterocycles. The van der Waals surface area contributed by atoms with E-state index < -0.39 is 10.5 Å². The summed E-state index contributed by atoms with van der Waals surface area (Å²) in [6.45, 7) is 0.457. The standard InChI is InChI=1S/C13H20N4O3/c1-16(9-13(18)4-2-3-5-13)11-6-10(15-14)7-12(8-11)17(19)20/h6-8,15,18H,2-5,9,14H2,1H3. The highest BCUT2D eigenvalue weighted by Crippen LogP contribution is 2.32. The third kappa shape index (κ3) is 3.17. The van der Waals surface area contributed by atoms with E-state index in [1.165, 1.54) is 12.1 Å². The van der Waals surface area contributed by atoms with Gasteiger partial charge in [0.1, 0.15) is 0 Å². The lowest BCUT2D eigenvalue weighted by atomic mass is 10.0. The number of non-ortho nitro benzene ring substituents is 1. The molecule has 1 aromatic carbocycles. The van der Waals surface area contributed by atoms with Crippen molar-refractivity contribution in [1.82, 2.24) is 0 Å². The van der Waals surface area contributed by atoms with Crippen LogP contribution in [-0.4, -0.2) is 29.2 Å². The Balaban J connectivity index is 2.22. The first-order valence-corrected chi connectivity index (χ1v) is 6.63. The van der Waals surface area contributed by atoms with E-state index >= 15 is 0 Å². The maximum atomic E-state index is 10.9. The van der Waals surface area contributed by atoms with Gasteiger partial charge >= 0.3 is 0 Å². The molecule has 0 bridgehead atoms. The zero-order valence-corrected chi connectivity index (χ0v) is 11.5. The zero-order valence-electron chi connectivity index (χ0n) is 11.5. The second kappa shape index (κ2) is 5.64. The summed E-state index contributed by atoms with van der Waals surface area (Å²) in [4.78, 5) is 12.3. The molecule has 1 aromatic rings. The third-order valence-corrected chi connectivity index (χ3v) is 3.79. The Morgan fingerprint density at radius 2 is 2.10 bits per heavy atom. The molecule has 20 heavy (non-hydrogen) atoms. The summed E-state index contributed by atoms with van der Waals surface area (Å²) in [5.41, 5.74) is 2.83. The topological polar surface area (TPSA) is 105 Å². The van der Waals surface area contributed by atoms with Crippen molar-refractivity contribution in [3.63, 3.8) is 0 Å². The smallest absolute Gasteiger partial charge is 0.273 e. The van der Waals surface area contributed by atoms with Crippen LogP contribution in [0.4, 0.5) is 17.1 Å². The van der Waals surface area contributed by atoms with E-state index in [-0.39, 0.29) is 5.69 Å². The summed E-state index contributed by atoms with van der Waals surface area (Å²) in [5, 5.41) is 21.3. The largest absolute Gasteiger partial charge is 0.388 e. The summed E-state index contributed by atoms with van der Waals surface area (Å²) >= 11 is 0. The Morgan fingerprint density at radius 1 is 1.45 bits per heavy atom. The molecule has 0 aliphatic heterocycles. The van der Waals surface area contributed by atoms with Gasteiger partial charge in [0.25, 0.3) is 5.69 Å². The third-order valence-electron chi connectivity index (χ3n) is 3.79. The number of nitro groups is 1. The summed E-state index contributed by atoms with van der Waals surface area (Å²) in [6.07, 6.45) is 3.59. The molecule has 7 nitrogen and oxygen atoms in total. The van der Waals surface area contributed by atoms with E-state index in [4.69, 9.17) is 5.84 Å². The first-order valence-electron chi connectivity index (χ1n) is 6.63. The lowest BCUT2D eigenvalue weighted by Crippen LogP contribution is -2.39. The highest BCUT2D eigenvalue weighted by atomic mass is 16.6. The number of aliphatic hydroxyl groups is 1. The van der Waals surface area contributed by atoms with Gasteiger partial charge in [-0.25, -0.2) is 0 Å². The Kier molecular flexibility index (Phi) is 4.10. The number of benzene rings is 1. The van der Waals surface area contributed by atoms with Crippen LogP contribution in [0.1, 0.15) is 25.7 Å². The maximum Gasteiger partial charge on any atom is 0.273 e. The van der Waals surface area contributed by atoms with Crippen LogP contribution in [-0.2, 0) is 0 Å². The number of nitrogen functional groups attached to an aromatic ring is 1. The van der Waals surface area contributed by atoms with Gasteiger partial charge < -0.3 is 15.4 Å². The van der Waals surface area contributed by atoms with Crippen LogP contribution in [0.15, 0.2) is 18.2 Å². The van der Waals surface area contributed by atoms with Gasteiger partial charge in [-0.2, -0.15) is 0 Å². The molecule has 0 amide bonds. The van der Waals surface area contributed by atoms with E-state index in [9.17, 15) is 15.2 Å². The Morgan fingerprint density at radius 3 is 2.65 bits per heavy atom. The van der Waals surface area contributed by atoms with Crippen LogP contribution in [0.5, 0.6) is 0 Å². The summed E-state index contributed by atoms with van der Waals surface area (Å²) in [7, 11) is 1.82. The highest BCUT2D eigenvalue weighted by molar-refractivity contribution is 5.64. The SMILES string of the molecule is CN(CC1(O)CCCC1)c1cc(NN)cc([N+](=O)[O-])c1. The van der Waals surface area contributed by atoms with Gasteiger partial charge in [-0.3, -0.25) is 16.0 Å². The number of hydrogen-bond donors (Lipinski definition) is 3. The van der Waals surface area contributed by atoms with Crippen LogP contribution in [0.25, 0.3) is 0 Å². The molecule has 0 radical (unpaired) electrons. The van der Waals surface area contributed by atoms with Crippen molar-refractivity contribution in [3.05, 3.63) is 28.3 Å². The fourth-order valence-electron chi connectivity index (χ4n) is 2.73. The van der Waals surface area contributed by atoms with E-state index in [0.717, 1.165) is 25.7 Å². The predicted molar refractivity (Wildman–Crippen MR) is 77.6 cm³/mol. The van der Waals surface area contributed by atoms with Crippen molar-refractivity contribution < 1.29 is 10.0 Å². The lowest BCUT2D eigenvalue weighted by molar-refractivity contribution is -0.384. The molecule has 1 fully saturated rings. The van der Waals surface area contributed by atoms with Crippen molar-refractivity contribution in [2.75, 3.05) is 23.9 Å². The molecule has 7 heteroatoms. The highest BCUT2D eigenvalue weighted by Gasteiger charge is 2.32. The van der Waals surface area contributed by atoms with E-state index in [0.29, 0.717) is 17.9 Å². The minimum Gasteiger partial charge on any atom is -0.388 e. The van der Waals surface area contributed by atoms with Gasteiger partial charge in [-0.1, -0.05) is 12.8 Å². The molecule has 1 saturated carbocycles. The molecule has 4 N–H and O–H groups in total. The summed E-state index contributed by atoms with van der Waals surface area (Å²) < 4.78 is 0. The maximum absolute atomic E-state index is 10.9. The van der Waals surface area contributed by atoms with Crippen LogP contribution in [0.3, 0.4) is 0 Å². The minimum absolute atomic E-state index is 0.0271. The first kappa shape index (κ1) is 14.5. The van der Waals surface area contributed by atoms with Crippen LogP contribution < -0.4 is 16.2 Å². The van der Waals surface area contributed by atoms with Crippen molar-refractivity contribution in [2.24, 2.45) is 5.84 Å². The summed E-state index contributed by atoms with van der Waals surface area (Å²) in [6, 6.07) is 4.59. The van der Waals surface area contributed by atoms with Crippen molar-refractivity contribution >= 4 is 17.1 Å². The fraction of sp³-hybridized carbons (Fsp3) is 0.538. The number of nitrogens with one attached hydrogen (secondary N) is 1. The predicted octanol–water partition coefficient (Wildman–Crippen LogP) is 1.62. The molecule has 110 valence electrons. The van der Waals surface area contributed by atoms with Gasteiger partial charge in [0, 0.05) is 31.4 Å². The number of likely N-dealkylation sites (N-methyl/N-ethyl adjacent to an activating group) is 1. The second-order valence-corrected chi connectivity index (χ2v) is 5.43. The second-order valence-electron chi connectivity index (χ2n) is 5.43. The van der Waals surface area contributed by atoms with E-state index in [1.54, 1.807) is 6.07 Å². The molecule has 2 rings (SSSR count). The van der Waals surface area contributed by atoms with Gasteiger partial charge in [0.05, 0.1) is 16.2 Å². The minimum atomic E-state index is -0.699. The summed E-state index contributed by atoms with van der Waals surface area (Å²) in [5.74, 6) is 5.34. The Bertz CT molecular complexity index is 500. The Hall–Kier alpha value is -1.86. The molecule has 1 aliphatic carbocycles. The molecule has 0 heterocycles. The molecular weight excluding hydrogens is 260 g/mol. The van der Waals surface area contributed by atoms with Crippen molar-refractivity contribution in [3.8, 4) is 0 Å². The number of nitro benzene ring substituents is 1. The zero-order chi connectivity index (χ0) is 14.8. The molecule has 1 aliphatic rings. The molecule has 0 atom stereocenters. The van der Waals surface area contributed by atoms with Gasteiger partial charge in [-0.05, 0) is 18.9 Å². The monoisotopic (exact) mass is 280 g/mol. The van der Waals surface area contributed by atoms with Crippen molar-refractivity contribution in [1.29, 1.82) is 0 Å². The quantitative estimate of drug-likeness (QED) is 0.430. The average Bonchev–Trinajstić information content (AvgIpc) is 2.84. The molecular formula is C13H20N4O3. The Labute approximate surface area is 117 Å². The van der Waals surface area contributed by atoms with Gasteiger partial charge in [0.2, 0.25) is 0 Å². The van der Waals surface area contributed by atoms with Gasteiger partial charge in [0.15, 0.2) is 0 Å². The number of hydrogen-bond acceptors (Lipinski definition) is 6. The normalized spacial score (nSPS) is 16.9. The fourth-order valence-corrected chi connectivity index (χ4v) is 2.73. The number of rotatable bonds is 5. The number of hydrazine groups is 1. The van der Waals surface area contributed by atoms with E-state index in [1.807, 2.05) is 11.9 Å². The lowest BCUT2D eigenvalue weighted by Gasteiger charge is -2.30. The number of nitrogens with two attached hydrogens (primary N) is 1. The van der Waals surface area contributed by atoms with Gasteiger partial charge in [-0.15, -0.1) is 0 Å². The van der Waals surface area contributed by atoms with Crippen LogP contribution >= 0.6 is 0 Å². The van der Waals surface area contributed by atoms with Crippen LogP contribution in [0, 0.1) is 10.1 Å². The first-order chi connectivity index (χ1) is 9.43. The molecule has 0 saturated heterocycles. The van der Waals surface area contributed by atoms with Crippen LogP contribution in [0.2, 0.25) is 0 Å². The molecule has 0 unspecified atom stereocenters. The average molecular weight is 280 g/mol. The van der Waals surface area contributed by atoms with Crippen molar-refractivity contribution in [2.45, 2.75) is 31.3 Å². The van der Waals surface area contributed by atoms with E-state index in [2.05, 4.69) is 5.43 Å².